The molecule has 136 valence electrons. The number of carbonyl (C=O) groups is 2. The molecular weight excluding hydrogens is 345 g/mol. The smallest absolute Gasteiger partial charge is 0.229 e. The lowest BCUT2D eigenvalue weighted by Crippen LogP contribution is -2.15. The van der Waals surface area contributed by atoms with Crippen LogP contribution in [0.2, 0.25) is 0 Å². The van der Waals surface area contributed by atoms with E-state index in [1.165, 1.54) is 19.1 Å². The van der Waals surface area contributed by atoms with E-state index in [0.29, 0.717) is 11.4 Å². The van der Waals surface area contributed by atoms with Crippen LogP contribution in [0.1, 0.15) is 22.8 Å². The molecule has 2 aromatic carbocycles. The molecular formula is C21H18FN3O2. The number of rotatable bonds is 6. The van der Waals surface area contributed by atoms with Crippen LogP contribution >= 0.6 is 0 Å². The molecule has 0 bridgehead atoms. The van der Waals surface area contributed by atoms with Crippen molar-refractivity contribution in [1.29, 1.82) is 0 Å². The van der Waals surface area contributed by atoms with E-state index < -0.39 is 0 Å². The topological polar surface area (TPSA) is 71.1 Å². The van der Waals surface area contributed by atoms with Gasteiger partial charge in [-0.15, -0.1) is 0 Å². The van der Waals surface area contributed by atoms with Crippen LogP contribution in [0.3, 0.4) is 0 Å². The van der Waals surface area contributed by atoms with Gasteiger partial charge in [-0.25, -0.2) is 9.37 Å². The summed E-state index contributed by atoms with van der Waals surface area (Å²) in [5.41, 5.74) is 2.85. The second kappa shape index (κ2) is 8.23. The highest BCUT2D eigenvalue weighted by molar-refractivity contribution is 5.95. The van der Waals surface area contributed by atoms with Gasteiger partial charge in [-0.05, 0) is 48.9 Å². The van der Waals surface area contributed by atoms with Gasteiger partial charge in [0.1, 0.15) is 11.6 Å². The van der Waals surface area contributed by atoms with E-state index in [0.717, 1.165) is 16.9 Å². The van der Waals surface area contributed by atoms with Crippen molar-refractivity contribution in [3.63, 3.8) is 0 Å². The third kappa shape index (κ3) is 5.22. The Kier molecular flexibility index (Phi) is 5.56. The number of nitrogens with one attached hydrogen (secondary N) is 2. The Labute approximate surface area is 156 Å². The predicted octanol–water partition coefficient (Wildman–Crippen LogP) is 4.35. The SMILES string of the molecule is CC(=O)c1cccc(Nc2ccc(NC(=O)Cc3ccc(F)cc3)nc2)c1. The van der Waals surface area contributed by atoms with Crippen LogP contribution in [0.4, 0.5) is 21.6 Å². The number of amides is 1. The number of hydrogen-bond acceptors (Lipinski definition) is 4. The first-order valence-electron chi connectivity index (χ1n) is 8.38. The van der Waals surface area contributed by atoms with Crippen LogP contribution in [0.15, 0.2) is 66.9 Å². The van der Waals surface area contributed by atoms with Crippen LogP contribution < -0.4 is 10.6 Å². The molecule has 0 radical (unpaired) electrons. The second-order valence-corrected chi connectivity index (χ2v) is 6.05. The summed E-state index contributed by atoms with van der Waals surface area (Å²) in [6.07, 6.45) is 1.73. The van der Waals surface area contributed by atoms with Gasteiger partial charge >= 0.3 is 0 Å². The number of halogens is 1. The quantitative estimate of drug-likeness (QED) is 0.639. The van der Waals surface area contributed by atoms with Gasteiger partial charge in [0, 0.05) is 11.3 Å². The molecule has 0 aliphatic carbocycles. The van der Waals surface area contributed by atoms with Crippen LogP contribution in [0, 0.1) is 5.82 Å². The zero-order valence-electron chi connectivity index (χ0n) is 14.7. The van der Waals surface area contributed by atoms with Crippen molar-refractivity contribution >= 4 is 28.9 Å². The molecule has 3 rings (SSSR count). The minimum absolute atomic E-state index is 0.00371. The molecule has 27 heavy (non-hydrogen) atoms. The number of Topliss-reactive ketones (excluding diaryl/α,β-unsaturated/α-hetero) is 1. The van der Waals surface area contributed by atoms with Crippen molar-refractivity contribution in [3.05, 3.63) is 83.8 Å². The number of anilines is 3. The first-order valence-corrected chi connectivity index (χ1v) is 8.38. The molecule has 5 nitrogen and oxygen atoms in total. The Morgan fingerprint density at radius 1 is 1.00 bits per heavy atom. The molecule has 0 saturated heterocycles. The number of ketones is 1. The highest BCUT2D eigenvalue weighted by Gasteiger charge is 2.06. The first-order chi connectivity index (χ1) is 13.0. The molecule has 1 heterocycles. The normalized spacial score (nSPS) is 10.3. The van der Waals surface area contributed by atoms with E-state index in [2.05, 4.69) is 15.6 Å². The number of nitrogens with zero attached hydrogens (tertiary/aromatic N) is 1. The Bertz CT molecular complexity index is 954. The number of carbonyl (C=O) groups excluding carboxylic acids is 2. The second-order valence-electron chi connectivity index (χ2n) is 6.05. The lowest BCUT2D eigenvalue weighted by molar-refractivity contribution is -0.115. The summed E-state index contributed by atoms with van der Waals surface area (Å²) in [6, 6.07) is 16.4. The van der Waals surface area contributed by atoms with Gasteiger partial charge in [0.25, 0.3) is 0 Å². The fourth-order valence-electron chi connectivity index (χ4n) is 2.50. The molecule has 1 amide bonds. The van der Waals surface area contributed by atoms with E-state index in [9.17, 15) is 14.0 Å². The Morgan fingerprint density at radius 3 is 2.44 bits per heavy atom. The summed E-state index contributed by atoms with van der Waals surface area (Å²) in [6.45, 7) is 1.52. The molecule has 6 heteroatoms. The number of benzene rings is 2. The zero-order valence-corrected chi connectivity index (χ0v) is 14.7. The van der Waals surface area contributed by atoms with Crippen molar-refractivity contribution in [2.24, 2.45) is 0 Å². The van der Waals surface area contributed by atoms with Crippen molar-refractivity contribution in [2.45, 2.75) is 13.3 Å². The largest absolute Gasteiger partial charge is 0.354 e. The number of aromatic nitrogens is 1. The van der Waals surface area contributed by atoms with E-state index in [-0.39, 0.29) is 23.9 Å². The van der Waals surface area contributed by atoms with Crippen LogP contribution in [-0.2, 0) is 11.2 Å². The Balaban J connectivity index is 1.60. The minimum atomic E-state index is -0.335. The highest BCUT2D eigenvalue weighted by atomic mass is 19.1. The number of hydrogen-bond donors (Lipinski definition) is 2. The molecule has 0 atom stereocenters. The third-order valence-electron chi connectivity index (χ3n) is 3.87. The van der Waals surface area contributed by atoms with Gasteiger partial charge in [0.05, 0.1) is 18.3 Å². The first kappa shape index (κ1) is 18.3. The Morgan fingerprint density at radius 2 is 1.78 bits per heavy atom. The molecule has 1 aromatic heterocycles. The summed E-state index contributed by atoms with van der Waals surface area (Å²) < 4.78 is 12.9. The van der Waals surface area contributed by atoms with Crippen molar-refractivity contribution in [2.75, 3.05) is 10.6 Å². The summed E-state index contributed by atoms with van der Waals surface area (Å²) in [5.74, 6) is -0.150. The van der Waals surface area contributed by atoms with Gasteiger partial charge in [0.15, 0.2) is 5.78 Å². The summed E-state index contributed by atoms with van der Waals surface area (Å²) in [5, 5.41) is 5.87. The van der Waals surface area contributed by atoms with Gasteiger partial charge in [-0.3, -0.25) is 9.59 Å². The van der Waals surface area contributed by atoms with E-state index in [4.69, 9.17) is 0 Å². The monoisotopic (exact) mass is 363 g/mol. The predicted molar refractivity (Wildman–Crippen MR) is 103 cm³/mol. The summed E-state index contributed by atoms with van der Waals surface area (Å²) in [4.78, 5) is 27.7. The highest BCUT2D eigenvalue weighted by Crippen LogP contribution is 2.18. The Hall–Kier alpha value is -3.54. The van der Waals surface area contributed by atoms with E-state index in [1.54, 1.807) is 48.7 Å². The standard InChI is InChI=1S/C21H18FN3O2/c1-14(26)16-3-2-4-18(12-16)24-19-9-10-20(23-13-19)25-21(27)11-15-5-7-17(22)8-6-15/h2-10,12-13,24H,11H2,1H3,(H,23,25,27). The molecule has 0 spiro atoms. The van der Waals surface area contributed by atoms with Crippen LogP contribution in [-0.4, -0.2) is 16.7 Å². The van der Waals surface area contributed by atoms with Crippen molar-refractivity contribution < 1.29 is 14.0 Å². The van der Waals surface area contributed by atoms with Gasteiger partial charge in [-0.2, -0.15) is 0 Å². The average molecular weight is 363 g/mol. The van der Waals surface area contributed by atoms with E-state index >= 15 is 0 Å². The fourth-order valence-corrected chi connectivity index (χ4v) is 2.50. The molecule has 0 unspecified atom stereocenters. The average Bonchev–Trinajstić information content (AvgIpc) is 2.65. The van der Waals surface area contributed by atoms with E-state index in [1.807, 2.05) is 6.07 Å². The molecule has 0 aliphatic heterocycles. The lowest BCUT2D eigenvalue weighted by atomic mass is 10.1. The van der Waals surface area contributed by atoms with Gasteiger partial charge in [0.2, 0.25) is 5.91 Å². The van der Waals surface area contributed by atoms with Gasteiger partial charge < -0.3 is 10.6 Å². The maximum Gasteiger partial charge on any atom is 0.229 e. The maximum absolute atomic E-state index is 12.9. The van der Waals surface area contributed by atoms with Crippen LogP contribution in [0.5, 0.6) is 0 Å². The van der Waals surface area contributed by atoms with Gasteiger partial charge in [-0.1, -0.05) is 24.3 Å². The molecule has 0 fully saturated rings. The minimum Gasteiger partial charge on any atom is -0.354 e. The summed E-state index contributed by atoms with van der Waals surface area (Å²) in [7, 11) is 0. The van der Waals surface area contributed by atoms with Crippen molar-refractivity contribution in [3.8, 4) is 0 Å². The molecule has 3 aromatic rings. The summed E-state index contributed by atoms with van der Waals surface area (Å²) >= 11 is 0. The lowest BCUT2D eigenvalue weighted by Gasteiger charge is -2.09. The molecule has 2 N–H and O–H groups in total. The molecule has 0 aliphatic rings. The number of pyridine rings is 1. The third-order valence-corrected chi connectivity index (χ3v) is 3.87. The van der Waals surface area contributed by atoms with Crippen LogP contribution in [0.25, 0.3) is 0 Å². The molecule has 0 saturated carbocycles. The fraction of sp³-hybridized carbons (Fsp3) is 0.0952. The zero-order chi connectivity index (χ0) is 19.2. The van der Waals surface area contributed by atoms with Crippen molar-refractivity contribution in [1.82, 2.24) is 4.98 Å². The maximum atomic E-state index is 12.9.